The molecule has 0 radical (unpaired) electrons. The highest BCUT2D eigenvalue weighted by Crippen LogP contribution is 2.20. The number of para-hydroxylation sites is 1. The summed E-state index contributed by atoms with van der Waals surface area (Å²) in [5.74, 6) is 0. The molecular weight excluding hydrogens is 315 g/mol. The minimum atomic E-state index is -0.443. The molecule has 2 aromatic rings. The number of nitrogens with zero attached hydrogens (tertiary/aromatic N) is 2. The van der Waals surface area contributed by atoms with Crippen molar-refractivity contribution >= 4 is 39.1 Å². The van der Waals surface area contributed by atoms with Crippen LogP contribution in [0.1, 0.15) is 0 Å². The van der Waals surface area contributed by atoms with Crippen molar-refractivity contribution in [3.8, 4) is 5.69 Å². The van der Waals surface area contributed by atoms with Crippen molar-refractivity contribution in [2.24, 2.45) is 0 Å². The molecule has 82 valence electrons. The second kappa shape index (κ2) is 4.57. The van der Waals surface area contributed by atoms with Gasteiger partial charge < -0.3 is 0 Å². The van der Waals surface area contributed by atoms with Gasteiger partial charge >= 0.3 is 0 Å². The van der Waals surface area contributed by atoms with Crippen molar-refractivity contribution in [2.45, 2.75) is 0 Å². The number of halogens is 3. The van der Waals surface area contributed by atoms with Gasteiger partial charge in [-0.05, 0) is 28.1 Å². The predicted octanol–water partition coefficient (Wildman–Crippen LogP) is 3.30. The van der Waals surface area contributed by atoms with Crippen LogP contribution in [-0.2, 0) is 0 Å². The first kappa shape index (κ1) is 11.6. The summed E-state index contributed by atoms with van der Waals surface area (Å²) < 4.78 is 1.95. The highest BCUT2D eigenvalue weighted by Gasteiger charge is 2.10. The number of hydrogen-bond acceptors (Lipinski definition) is 2. The largest absolute Gasteiger partial charge is 0.291 e. The number of rotatable bonds is 1. The smallest absolute Gasteiger partial charge is 0.266 e. The molecule has 3 nitrogen and oxygen atoms in total. The van der Waals surface area contributed by atoms with Crippen molar-refractivity contribution < 1.29 is 0 Å². The zero-order valence-electron chi connectivity index (χ0n) is 7.82. The average molecular weight is 320 g/mol. The van der Waals surface area contributed by atoms with Crippen molar-refractivity contribution in [1.29, 1.82) is 0 Å². The van der Waals surface area contributed by atoms with Crippen LogP contribution in [0, 0.1) is 0 Å². The van der Waals surface area contributed by atoms with Crippen LogP contribution in [0.15, 0.2) is 39.7 Å². The van der Waals surface area contributed by atoms with Gasteiger partial charge in [0.25, 0.3) is 5.56 Å². The van der Waals surface area contributed by atoms with Crippen LogP contribution in [0.25, 0.3) is 5.69 Å². The highest BCUT2D eigenvalue weighted by atomic mass is 79.9. The van der Waals surface area contributed by atoms with Crippen molar-refractivity contribution in [3.05, 3.63) is 55.3 Å². The number of hydrogen-bond donors (Lipinski definition) is 0. The first-order valence-corrected chi connectivity index (χ1v) is 5.84. The monoisotopic (exact) mass is 318 g/mol. The summed E-state index contributed by atoms with van der Waals surface area (Å²) in [4.78, 5) is 11.8. The van der Waals surface area contributed by atoms with E-state index in [4.69, 9.17) is 23.2 Å². The van der Waals surface area contributed by atoms with Gasteiger partial charge in [-0.1, -0.05) is 35.3 Å². The quantitative estimate of drug-likeness (QED) is 0.808. The summed E-state index contributed by atoms with van der Waals surface area (Å²) in [5, 5.41) is 4.04. The third-order valence-electron chi connectivity index (χ3n) is 1.96. The molecule has 1 heterocycles. The predicted molar refractivity (Wildman–Crippen MR) is 67.6 cm³/mol. The molecule has 1 aromatic heterocycles. The third-order valence-corrected chi connectivity index (χ3v) is 3.38. The lowest BCUT2D eigenvalue weighted by atomic mass is 10.3. The molecule has 0 atom stereocenters. The second-order valence-corrected chi connectivity index (χ2v) is 4.61. The van der Waals surface area contributed by atoms with Gasteiger partial charge in [-0.2, -0.15) is 9.78 Å². The molecule has 6 heteroatoms. The van der Waals surface area contributed by atoms with E-state index in [-0.39, 0.29) is 10.0 Å². The molecule has 0 unspecified atom stereocenters. The molecule has 0 aliphatic carbocycles. The van der Waals surface area contributed by atoms with E-state index in [0.717, 1.165) is 4.47 Å². The Kier molecular flexibility index (Phi) is 3.33. The normalized spacial score (nSPS) is 10.4. The lowest BCUT2D eigenvalue weighted by molar-refractivity contribution is 0.804. The van der Waals surface area contributed by atoms with Crippen molar-refractivity contribution in [3.63, 3.8) is 0 Å². The maximum atomic E-state index is 11.8. The molecule has 0 spiro atoms. The molecule has 0 bridgehead atoms. The average Bonchev–Trinajstić information content (AvgIpc) is 2.28. The van der Waals surface area contributed by atoms with Crippen LogP contribution in [0.5, 0.6) is 0 Å². The van der Waals surface area contributed by atoms with E-state index in [1.54, 1.807) is 12.1 Å². The van der Waals surface area contributed by atoms with Crippen molar-refractivity contribution in [1.82, 2.24) is 9.78 Å². The highest BCUT2D eigenvalue weighted by molar-refractivity contribution is 9.10. The summed E-state index contributed by atoms with van der Waals surface area (Å²) in [6, 6.07) is 7.21. The molecule has 1 aromatic carbocycles. The molecule has 0 aliphatic heterocycles. The minimum absolute atomic E-state index is 0.0348. The first-order chi connectivity index (χ1) is 7.61. The zero-order chi connectivity index (χ0) is 11.7. The molecular formula is C10H5BrCl2N2O. The third kappa shape index (κ3) is 2.00. The summed E-state index contributed by atoms with van der Waals surface area (Å²) in [5.41, 5.74) is 0.173. The van der Waals surface area contributed by atoms with Gasteiger partial charge in [0.05, 0.1) is 16.9 Å². The van der Waals surface area contributed by atoms with Crippen molar-refractivity contribution in [2.75, 3.05) is 0 Å². The fourth-order valence-electron chi connectivity index (χ4n) is 1.21. The van der Waals surface area contributed by atoms with Gasteiger partial charge in [-0.25, -0.2) is 0 Å². The maximum absolute atomic E-state index is 11.8. The Bertz CT molecular complexity index is 598. The molecule has 0 fully saturated rings. The van der Waals surface area contributed by atoms with Gasteiger partial charge in [0, 0.05) is 4.47 Å². The SMILES string of the molecule is O=c1c(Cl)c(Cl)cnn1-c1ccccc1Br. The summed E-state index contributed by atoms with van der Waals surface area (Å²) in [6.45, 7) is 0. The fraction of sp³-hybridized carbons (Fsp3) is 0. The lowest BCUT2D eigenvalue weighted by Gasteiger charge is -2.06. The van der Waals surface area contributed by atoms with Crippen LogP contribution >= 0.6 is 39.1 Å². The van der Waals surface area contributed by atoms with Gasteiger partial charge in [-0.3, -0.25) is 4.79 Å². The van der Waals surface area contributed by atoms with Crippen LogP contribution in [0.2, 0.25) is 10.0 Å². The molecule has 16 heavy (non-hydrogen) atoms. The van der Waals surface area contributed by atoms with E-state index < -0.39 is 5.56 Å². The Hall–Kier alpha value is -0.840. The zero-order valence-corrected chi connectivity index (χ0v) is 10.9. The lowest BCUT2D eigenvalue weighted by Crippen LogP contribution is -2.21. The van der Waals surface area contributed by atoms with E-state index >= 15 is 0 Å². The Balaban J connectivity index is 2.72. The Morgan fingerprint density at radius 2 is 1.94 bits per heavy atom. The number of aromatic nitrogens is 2. The molecule has 2 rings (SSSR count). The van der Waals surface area contributed by atoms with E-state index in [2.05, 4.69) is 21.0 Å². The van der Waals surface area contributed by atoms with Crippen LogP contribution in [-0.4, -0.2) is 9.78 Å². The topological polar surface area (TPSA) is 34.9 Å². The Morgan fingerprint density at radius 1 is 1.25 bits per heavy atom. The molecule has 0 amide bonds. The molecule has 0 N–H and O–H groups in total. The van der Waals surface area contributed by atoms with Gasteiger partial charge in [0.2, 0.25) is 0 Å². The Morgan fingerprint density at radius 3 is 2.62 bits per heavy atom. The van der Waals surface area contributed by atoms with E-state index in [1.807, 2.05) is 12.1 Å². The Labute approximate surface area is 110 Å². The van der Waals surface area contributed by atoms with E-state index in [0.29, 0.717) is 5.69 Å². The summed E-state index contributed by atoms with van der Waals surface area (Å²) >= 11 is 14.8. The van der Waals surface area contributed by atoms with E-state index in [9.17, 15) is 4.79 Å². The maximum Gasteiger partial charge on any atom is 0.291 e. The molecule has 0 aliphatic rings. The minimum Gasteiger partial charge on any atom is -0.266 e. The van der Waals surface area contributed by atoms with Crippen LogP contribution in [0.4, 0.5) is 0 Å². The molecule has 0 saturated carbocycles. The van der Waals surface area contributed by atoms with Crippen LogP contribution < -0.4 is 5.56 Å². The standard InChI is InChI=1S/C10H5BrCl2N2O/c11-6-3-1-2-4-8(6)15-10(16)9(13)7(12)5-14-15/h1-5H. The first-order valence-electron chi connectivity index (χ1n) is 4.29. The fourth-order valence-corrected chi connectivity index (χ4v) is 1.91. The van der Waals surface area contributed by atoms with Gasteiger partial charge in [-0.15, -0.1) is 0 Å². The van der Waals surface area contributed by atoms with Gasteiger partial charge in [0.1, 0.15) is 5.02 Å². The van der Waals surface area contributed by atoms with Gasteiger partial charge in [0.15, 0.2) is 0 Å². The number of benzene rings is 1. The molecule has 0 saturated heterocycles. The van der Waals surface area contributed by atoms with E-state index in [1.165, 1.54) is 10.9 Å². The van der Waals surface area contributed by atoms with Crippen LogP contribution in [0.3, 0.4) is 0 Å². The summed E-state index contributed by atoms with van der Waals surface area (Å²) in [6.07, 6.45) is 1.34. The second-order valence-electron chi connectivity index (χ2n) is 2.97. The summed E-state index contributed by atoms with van der Waals surface area (Å²) in [7, 11) is 0.